The van der Waals surface area contributed by atoms with Gasteiger partial charge in [-0.3, -0.25) is 0 Å². The molecule has 0 radical (unpaired) electrons. The molecule has 20 rings (SSSR count). The van der Waals surface area contributed by atoms with Crippen molar-refractivity contribution in [2.24, 2.45) is 0 Å². The summed E-state index contributed by atoms with van der Waals surface area (Å²) in [5, 5.41) is 33.4. The van der Waals surface area contributed by atoms with Crippen molar-refractivity contribution in [1.82, 2.24) is 0 Å². The Bertz CT molecular complexity index is 6340. The molecular formula is C96H62Si. The monoisotopic (exact) mass is 1240 g/mol. The van der Waals surface area contributed by atoms with Crippen LogP contribution >= 0.6 is 0 Å². The van der Waals surface area contributed by atoms with E-state index in [0.717, 1.165) is 12.8 Å². The molecule has 0 aliphatic heterocycles. The second-order valence-corrected chi connectivity index (χ2v) is 30.2. The predicted molar refractivity (Wildman–Crippen MR) is 421 cm³/mol. The van der Waals surface area contributed by atoms with Gasteiger partial charge in [-0.2, -0.15) is 0 Å². The molecule has 0 atom stereocenters. The maximum absolute atomic E-state index is 3.59. The van der Waals surface area contributed by atoms with Crippen LogP contribution < -0.4 is 20.7 Å². The fraction of sp³-hybridized carbons (Fsp3) is 0.0208. The van der Waals surface area contributed by atoms with Gasteiger partial charge in [0.1, 0.15) is 0 Å². The Morgan fingerprint density at radius 1 is 0.175 bits per heavy atom. The second-order valence-electron chi connectivity index (χ2n) is 26.6. The third-order valence-electron chi connectivity index (χ3n) is 21.8. The molecule has 0 fully saturated rings. The van der Waals surface area contributed by atoms with Crippen molar-refractivity contribution in [2.75, 3.05) is 0 Å². The first kappa shape index (κ1) is 55.4. The number of hydrogen-bond donors (Lipinski definition) is 0. The van der Waals surface area contributed by atoms with Crippen LogP contribution in [0.5, 0.6) is 0 Å². The molecule has 0 spiro atoms. The first-order valence-corrected chi connectivity index (χ1v) is 36.2. The van der Waals surface area contributed by atoms with Gasteiger partial charge in [0.15, 0.2) is 8.07 Å². The van der Waals surface area contributed by atoms with E-state index >= 15 is 0 Å². The van der Waals surface area contributed by atoms with E-state index in [2.05, 4.69) is 352 Å². The normalized spacial score (nSPS) is 12.6. The maximum atomic E-state index is 2.48. The Morgan fingerprint density at radius 3 is 0.825 bits per heavy atom. The van der Waals surface area contributed by atoms with Crippen molar-refractivity contribution in [3.63, 3.8) is 0 Å². The lowest BCUT2D eigenvalue weighted by Crippen LogP contribution is -2.75. The van der Waals surface area contributed by atoms with Crippen LogP contribution in [0, 0.1) is 0 Å². The second kappa shape index (κ2) is 22.0. The van der Waals surface area contributed by atoms with Crippen molar-refractivity contribution in [3.8, 4) is 44.5 Å². The summed E-state index contributed by atoms with van der Waals surface area (Å²) in [6, 6.07) is 130. The van der Waals surface area contributed by atoms with Crippen molar-refractivity contribution >= 4 is 147 Å². The average Bonchev–Trinajstić information content (AvgIpc) is 0.682. The van der Waals surface area contributed by atoms with Gasteiger partial charge < -0.3 is 0 Å². The predicted octanol–water partition coefficient (Wildman–Crippen LogP) is 23.1. The van der Waals surface area contributed by atoms with Gasteiger partial charge in [-0.25, -0.2) is 0 Å². The summed E-state index contributed by atoms with van der Waals surface area (Å²) >= 11 is 0. The standard InChI is InChI=1S/C96H62Si/c1-3-29-67(30-4-1)97(68-31-5-2-6-32-68,95-85-47-23-19-43-81(85)93(82-44-20-24-48-86(82)95)91-77-39-15-11-35-73(77)89(74-36-12-16-40-78(74)91)65-55-57-71-63(59-65)53-51-61-27-7-9-33-69(61)71)96-87-49-25-21-45-83(87)94(84-46-22-26-50-88(84)96)92-79-41-17-13-37-75(79)90(76-38-14-18-42-80(76)92)66-56-58-72-64(60-66)54-52-62-28-8-10-34-70(62)72/h1-37,39-41,43-60H,38,42H2. The van der Waals surface area contributed by atoms with E-state index < -0.39 is 8.07 Å². The largest absolute Gasteiger partial charge is 0.182 e. The lowest BCUT2D eigenvalue weighted by molar-refractivity contribution is 1.11. The smallest absolute Gasteiger partial charge is 0.0838 e. The lowest BCUT2D eigenvalue weighted by atomic mass is 9.78. The topological polar surface area (TPSA) is 0 Å². The number of hydrogen-bond acceptors (Lipinski definition) is 0. The molecule has 0 amide bonds. The van der Waals surface area contributed by atoms with Gasteiger partial charge in [0, 0.05) is 0 Å². The molecule has 0 aromatic heterocycles. The number of benzene rings is 19. The highest BCUT2D eigenvalue weighted by atomic mass is 28.3. The SMILES string of the molecule is C1=CCc2c(c(-c3ccc4c(ccc5ccccc54)c3)c3ccccc3c2-c2c3ccccc3c([Si](c3ccccc3)(c3ccccc3)c3c4ccccc4c(-c4c5ccccc5c(-c5ccc6c(ccc7ccccc76)c5)c5ccccc45)c4ccccc34)c3ccccc23)C1. The molecule has 19 aromatic carbocycles. The molecule has 1 heteroatoms. The van der Waals surface area contributed by atoms with Crippen LogP contribution in [0.25, 0.3) is 163 Å². The molecule has 0 saturated heterocycles. The summed E-state index contributed by atoms with van der Waals surface area (Å²) in [5.74, 6) is 0. The summed E-state index contributed by atoms with van der Waals surface area (Å²) in [7, 11) is -3.59. The average molecular weight is 1240 g/mol. The molecule has 0 heterocycles. The van der Waals surface area contributed by atoms with E-state index in [-0.39, 0.29) is 0 Å². The molecule has 1 aliphatic rings. The van der Waals surface area contributed by atoms with Gasteiger partial charge in [0.05, 0.1) is 0 Å². The van der Waals surface area contributed by atoms with E-state index in [1.807, 2.05) is 0 Å². The zero-order valence-corrected chi connectivity index (χ0v) is 54.4. The lowest BCUT2D eigenvalue weighted by Gasteiger charge is -2.39. The third-order valence-corrected chi connectivity index (χ3v) is 26.7. The fourth-order valence-corrected chi connectivity index (χ4v) is 23.5. The molecule has 1 aliphatic carbocycles. The number of fused-ring (bicyclic) bond motifs is 14. The van der Waals surface area contributed by atoms with E-state index in [1.165, 1.54) is 195 Å². The zero-order chi connectivity index (χ0) is 63.7. The highest BCUT2D eigenvalue weighted by molar-refractivity contribution is 7.23. The highest BCUT2D eigenvalue weighted by Gasteiger charge is 2.47. The van der Waals surface area contributed by atoms with Crippen LogP contribution in [0.1, 0.15) is 11.1 Å². The van der Waals surface area contributed by atoms with Crippen LogP contribution in [-0.4, -0.2) is 8.07 Å². The highest BCUT2D eigenvalue weighted by Crippen LogP contribution is 2.51. The van der Waals surface area contributed by atoms with Gasteiger partial charge in [-0.05, 0) is 220 Å². The molecule has 0 saturated carbocycles. The fourth-order valence-electron chi connectivity index (χ4n) is 17.9. The van der Waals surface area contributed by atoms with E-state index in [9.17, 15) is 0 Å². The quantitative estimate of drug-likeness (QED) is 0.0468. The summed E-state index contributed by atoms with van der Waals surface area (Å²) in [4.78, 5) is 0. The van der Waals surface area contributed by atoms with Crippen LogP contribution in [0.3, 0.4) is 0 Å². The van der Waals surface area contributed by atoms with Gasteiger partial charge in [-0.15, -0.1) is 0 Å². The van der Waals surface area contributed by atoms with E-state index in [1.54, 1.807) is 0 Å². The first-order valence-electron chi connectivity index (χ1n) is 34.2. The molecule has 0 bridgehead atoms. The Labute approximate surface area is 563 Å². The van der Waals surface area contributed by atoms with Gasteiger partial charge in [0.2, 0.25) is 0 Å². The molecule has 97 heavy (non-hydrogen) atoms. The van der Waals surface area contributed by atoms with Gasteiger partial charge in [-0.1, -0.05) is 340 Å². The van der Waals surface area contributed by atoms with Crippen molar-refractivity contribution in [2.45, 2.75) is 12.8 Å². The van der Waals surface area contributed by atoms with E-state index in [0.29, 0.717) is 0 Å². The van der Waals surface area contributed by atoms with Crippen molar-refractivity contribution in [3.05, 3.63) is 363 Å². The molecule has 0 N–H and O–H groups in total. The van der Waals surface area contributed by atoms with Crippen molar-refractivity contribution < 1.29 is 0 Å². The molecule has 19 aromatic rings. The zero-order valence-electron chi connectivity index (χ0n) is 53.4. The summed E-state index contributed by atoms with van der Waals surface area (Å²) < 4.78 is 0. The first-order chi connectivity index (χ1) is 48.2. The van der Waals surface area contributed by atoms with Crippen molar-refractivity contribution in [1.29, 1.82) is 0 Å². The van der Waals surface area contributed by atoms with E-state index in [4.69, 9.17) is 0 Å². The number of rotatable bonds is 8. The Kier molecular flexibility index (Phi) is 12.6. The Morgan fingerprint density at radius 2 is 0.433 bits per heavy atom. The molecule has 0 unspecified atom stereocenters. The summed E-state index contributed by atoms with van der Waals surface area (Å²) in [6.07, 6.45) is 6.53. The minimum Gasteiger partial charge on any atom is -0.0838 e. The Hall–Kier alpha value is -12.0. The molecule has 450 valence electrons. The van der Waals surface area contributed by atoms with Gasteiger partial charge >= 0.3 is 0 Å². The van der Waals surface area contributed by atoms with Crippen LogP contribution in [0.15, 0.2) is 352 Å². The molecular weight excluding hydrogens is 1180 g/mol. The summed E-state index contributed by atoms with van der Waals surface area (Å²) in [6.45, 7) is 0. The minimum atomic E-state index is -3.59. The molecule has 0 nitrogen and oxygen atoms in total. The number of allylic oxidation sites excluding steroid dienone is 2. The minimum absolute atomic E-state index is 0.844. The van der Waals surface area contributed by atoms with Crippen LogP contribution in [-0.2, 0) is 12.8 Å². The summed E-state index contributed by atoms with van der Waals surface area (Å²) in [5.41, 5.74) is 13.1. The van der Waals surface area contributed by atoms with Crippen LogP contribution in [0.4, 0.5) is 0 Å². The van der Waals surface area contributed by atoms with Crippen LogP contribution in [0.2, 0.25) is 0 Å². The maximum Gasteiger partial charge on any atom is 0.182 e. The Balaban J connectivity index is 0.892. The third kappa shape index (κ3) is 8.23. The van der Waals surface area contributed by atoms with Gasteiger partial charge in [0.25, 0.3) is 0 Å².